The van der Waals surface area contributed by atoms with Crippen molar-refractivity contribution in [2.45, 2.75) is 19.2 Å². The Morgan fingerprint density at radius 2 is 1.56 bits per heavy atom. The first-order chi connectivity index (χ1) is 8.49. The zero-order valence-electron chi connectivity index (χ0n) is 10.2. The van der Waals surface area contributed by atoms with Crippen LogP contribution in [0.5, 0.6) is 0 Å². The number of hydrogen-bond acceptors (Lipinski definition) is 0. The molecule has 0 saturated heterocycles. The smallest absolute Gasteiger partial charge is 0.0849 e. The lowest BCUT2D eigenvalue weighted by Gasteiger charge is -2.14. The van der Waals surface area contributed by atoms with Gasteiger partial charge in [0.2, 0.25) is 0 Å². The molecule has 0 aliphatic carbocycles. The molecular formula is C15H13BrCl2. The van der Waals surface area contributed by atoms with Crippen LogP contribution in [0.3, 0.4) is 0 Å². The fraction of sp³-hybridized carbons (Fsp3) is 0.200. The minimum Gasteiger partial charge on any atom is -0.113 e. The van der Waals surface area contributed by atoms with Crippen molar-refractivity contribution < 1.29 is 0 Å². The summed E-state index contributed by atoms with van der Waals surface area (Å²) in [6.07, 6.45) is 0. The fourth-order valence-electron chi connectivity index (χ4n) is 1.81. The third-order valence-electron chi connectivity index (χ3n) is 3.05. The lowest BCUT2D eigenvalue weighted by atomic mass is 10.00. The third kappa shape index (κ3) is 2.90. The van der Waals surface area contributed by atoms with Crippen molar-refractivity contribution in [2.75, 3.05) is 0 Å². The van der Waals surface area contributed by atoms with Gasteiger partial charge >= 0.3 is 0 Å². The molecule has 0 bridgehead atoms. The van der Waals surface area contributed by atoms with Crippen LogP contribution in [-0.2, 0) is 0 Å². The van der Waals surface area contributed by atoms with E-state index in [1.54, 1.807) is 0 Å². The van der Waals surface area contributed by atoms with Gasteiger partial charge in [0.1, 0.15) is 0 Å². The van der Waals surface area contributed by atoms with E-state index in [2.05, 4.69) is 28.9 Å². The van der Waals surface area contributed by atoms with E-state index in [0.29, 0.717) is 0 Å². The van der Waals surface area contributed by atoms with Crippen molar-refractivity contribution in [3.8, 4) is 0 Å². The molecule has 0 aromatic heterocycles. The summed E-state index contributed by atoms with van der Waals surface area (Å²) in [5, 5.41) is 0.505. The number of aryl methyl sites for hydroxylation is 2. The van der Waals surface area contributed by atoms with Crippen LogP contribution in [0.4, 0.5) is 0 Å². The van der Waals surface area contributed by atoms with E-state index in [4.69, 9.17) is 23.2 Å². The molecule has 0 aliphatic rings. The molecule has 18 heavy (non-hydrogen) atoms. The Kier molecular flexibility index (Phi) is 4.37. The molecule has 0 aliphatic heterocycles. The van der Waals surface area contributed by atoms with E-state index in [1.807, 2.05) is 37.3 Å². The normalized spacial score (nSPS) is 12.5. The van der Waals surface area contributed by atoms with Crippen LogP contribution in [0, 0.1) is 13.8 Å². The van der Waals surface area contributed by atoms with E-state index in [9.17, 15) is 0 Å². The average Bonchev–Trinajstić information content (AvgIpc) is 2.34. The molecule has 2 rings (SSSR count). The molecular weight excluding hydrogens is 331 g/mol. The van der Waals surface area contributed by atoms with Crippen LogP contribution in [0.15, 0.2) is 40.9 Å². The van der Waals surface area contributed by atoms with Crippen molar-refractivity contribution in [2.24, 2.45) is 0 Å². The Labute approximate surface area is 126 Å². The number of hydrogen-bond donors (Lipinski definition) is 0. The second kappa shape index (κ2) is 5.64. The highest BCUT2D eigenvalue weighted by Gasteiger charge is 2.15. The van der Waals surface area contributed by atoms with Gasteiger partial charge in [-0.3, -0.25) is 0 Å². The summed E-state index contributed by atoms with van der Waals surface area (Å²) >= 11 is 16.2. The van der Waals surface area contributed by atoms with Crippen molar-refractivity contribution in [1.29, 1.82) is 0 Å². The molecule has 0 heterocycles. The lowest BCUT2D eigenvalue weighted by Crippen LogP contribution is -1.96. The van der Waals surface area contributed by atoms with Gasteiger partial charge in [0, 0.05) is 9.50 Å². The van der Waals surface area contributed by atoms with Gasteiger partial charge in [0.25, 0.3) is 0 Å². The molecule has 0 amide bonds. The molecule has 2 aromatic carbocycles. The van der Waals surface area contributed by atoms with Gasteiger partial charge < -0.3 is 0 Å². The molecule has 0 nitrogen and oxygen atoms in total. The summed E-state index contributed by atoms with van der Waals surface area (Å²) < 4.78 is 1.04. The van der Waals surface area contributed by atoms with Gasteiger partial charge in [-0.2, -0.15) is 0 Å². The summed E-state index contributed by atoms with van der Waals surface area (Å²) in [5.74, 6) is 0. The summed E-state index contributed by atoms with van der Waals surface area (Å²) in [5.41, 5.74) is 4.40. The first kappa shape index (κ1) is 13.9. The van der Waals surface area contributed by atoms with E-state index in [1.165, 1.54) is 11.1 Å². The van der Waals surface area contributed by atoms with E-state index < -0.39 is 0 Å². The van der Waals surface area contributed by atoms with Gasteiger partial charge in [-0.15, -0.1) is 11.6 Å². The van der Waals surface area contributed by atoms with Crippen LogP contribution in [-0.4, -0.2) is 0 Å². The Hall–Kier alpha value is -0.500. The predicted molar refractivity (Wildman–Crippen MR) is 82.8 cm³/mol. The van der Waals surface area contributed by atoms with Crippen LogP contribution in [0.25, 0.3) is 0 Å². The van der Waals surface area contributed by atoms with Gasteiger partial charge in [0.15, 0.2) is 0 Å². The zero-order chi connectivity index (χ0) is 13.3. The van der Waals surface area contributed by atoms with E-state index >= 15 is 0 Å². The summed E-state index contributed by atoms with van der Waals surface area (Å²) in [6, 6.07) is 12.0. The van der Waals surface area contributed by atoms with Gasteiger partial charge in [-0.1, -0.05) is 45.7 Å². The van der Waals surface area contributed by atoms with Gasteiger partial charge in [-0.05, 0) is 54.3 Å². The highest BCUT2D eigenvalue weighted by Crippen LogP contribution is 2.35. The highest BCUT2D eigenvalue weighted by atomic mass is 79.9. The fourth-order valence-corrected chi connectivity index (χ4v) is 2.78. The largest absolute Gasteiger partial charge is 0.113 e. The SMILES string of the molecule is Cc1cc(Cl)c(C(Cl)c2ccc(Br)cc2)cc1C. The lowest BCUT2D eigenvalue weighted by molar-refractivity contribution is 1.12. The molecule has 94 valence electrons. The number of benzene rings is 2. The maximum Gasteiger partial charge on any atom is 0.0849 e. The molecule has 0 spiro atoms. The summed E-state index contributed by atoms with van der Waals surface area (Å²) in [6.45, 7) is 4.12. The first-order valence-corrected chi connectivity index (χ1v) is 7.26. The third-order valence-corrected chi connectivity index (χ3v) is 4.39. The first-order valence-electron chi connectivity index (χ1n) is 5.65. The quantitative estimate of drug-likeness (QED) is 0.582. The number of rotatable bonds is 2. The Balaban J connectivity index is 2.42. The topological polar surface area (TPSA) is 0 Å². The summed E-state index contributed by atoms with van der Waals surface area (Å²) in [7, 11) is 0. The molecule has 0 N–H and O–H groups in total. The van der Waals surface area contributed by atoms with Crippen LogP contribution in [0.1, 0.15) is 27.6 Å². The molecule has 2 aromatic rings. The van der Waals surface area contributed by atoms with Crippen LogP contribution >= 0.6 is 39.1 Å². The number of halogens is 3. The zero-order valence-corrected chi connectivity index (χ0v) is 13.3. The maximum absolute atomic E-state index is 6.51. The van der Waals surface area contributed by atoms with Crippen molar-refractivity contribution in [3.63, 3.8) is 0 Å². The minimum atomic E-state index is -0.218. The van der Waals surface area contributed by atoms with E-state index in [-0.39, 0.29) is 5.38 Å². The predicted octanol–water partition coefficient (Wildman–Crippen LogP) is 6.05. The highest BCUT2D eigenvalue weighted by molar-refractivity contribution is 9.10. The number of alkyl halides is 1. The minimum absolute atomic E-state index is 0.218. The van der Waals surface area contributed by atoms with Gasteiger partial charge in [-0.25, -0.2) is 0 Å². The van der Waals surface area contributed by atoms with Crippen molar-refractivity contribution >= 4 is 39.1 Å². The van der Waals surface area contributed by atoms with Gasteiger partial charge in [0.05, 0.1) is 5.38 Å². The Morgan fingerprint density at radius 1 is 1.00 bits per heavy atom. The van der Waals surface area contributed by atoms with Crippen LogP contribution in [0.2, 0.25) is 5.02 Å². The van der Waals surface area contributed by atoms with Crippen LogP contribution < -0.4 is 0 Å². The second-order valence-corrected chi connectivity index (χ2v) is 6.13. The molecule has 0 fully saturated rings. The van der Waals surface area contributed by atoms with Crippen molar-refractivity contribution in [3.05, 3.63) is 68.1 Å². The standard InChI is InChI=1S/C15H13BrCl2/c1-9-7-13(14(17)8-10(9)2)15(18)11-3-5-12(16)6-4-11/h3-8,15H,1-2H3. The Morgan fingerprint density at radius 3 is 2.17 bits per heavy atom. The monoisotopic (exact) mass is 342 g/mol. The average molecular weight is 344 g/mol. The molecule has 0 saturated carbocycles. The van der Waals surface area contributed by atoms with E-state index in [0.717, 1.165) is 20.6 Å². The maximum atomic E-state index is 6.51. The molecule has 1 unspecified atom stereocenters. The second-order valence-electron chi connectivity index (χ2n) is 4.37. The van der Waals surface area contributed by atoms with Crippen molar-refractivity contribution in [1.82, 2.24) is 0 Å². The molecule has 0 radical (unpaired) electrons. The molecule has 1 atom stereocenters. The Bertz CT molecular complexity index is 561. The molecule has 3 heteroatoms. The summed E-state index contributed by atoms with van der Waals surface area (Å²) in [4.78, 5) is 0.